The summed E-state index contributed by atoms with van der Waals surface area (Å²) in [6, 6.07) is 11.9. The van der Waals surface area contributed by atoms with Crippen molar-refractivity contribution in [1.82, 2.24) is 10.2 Å². The van der Waals surface area contributed by atoms with E-state index in [0.717, 1.165) is 17.7 Å². The number of aromatic nitrogens is 2. The SMILES string of the molecule is CCCCc1ccc(-c2ccc(C=O)nn2)cc1. The van der Waals surface area contributed by atoms with Crippen molar-refractivity contribution in [3.63, 3.8) is 0 Å². The van der Waals surface area contributed by atoms with Crippen LogP contribution in [0.15, 0.2) is 36.4 Å². The van der Waals surface area contributed by atoms with E-state index in [0.29, 0.717) is 12.0 Å². The van der Waals surface area contributed by atoms with Gasteiger partial charge in [0.05, 0.1) is 5.69 Å². The maximum absolute atomic E-state index is 10.5. The quantitative estimate of drug-likeness (QED) is 0.753. The number of hydrogen-bond donors (Lipinski definition) is 0. The molecule has 0 aliphatic carbocycles. The molecule has 0 bridgehead atoms. The maximum atomic E-state index is 10.5. The molecule has 0 spiro atoms. The molecule has 1 aromatic carbocycles. The van der Waals surface area contributed by atoms with Crippen molar-refractivity contribution in [2.45, 2.75) is 26.2 Å². The highest BCUT2D eigenvalue weighted by Crippen LogP contribution is 2.17. The van der Waals surface area contributed by atoms with Gasteiger partial charge < -0.3 is 0 Å². The second-order valence-corrected chi connectivity index (χ2v) is 4.26. The molecule has 0 atom stereocenters. The molecule has 3 heteroatoms. The van der Waals surface area contributed by atoms with Crippen molar-refractivity contribution in [2.24, 2.45) is 0 Å². The Kier molecular flexibility index (Phi) is 4.18. The fourth-order valence-electron chi connectivity index (χ4n) is 1.78. The van der Waals surface area contributed by atoms with E-state index in [1.165, 1.54) is 18.4 Å². The Morgan fingerprint density at radius 2 is 1.83 bits per heavy atom. The van der Waals surface area contributed by atoms with E-state index in [9.17, 15) is 4.79 Å². The number of aryl methyl sites for hydroxylation is 1. The van der Waals surface area contributed by atoms with Crippen molar-refractivity contribution in [1.29, 1.82) is 0 Å². The van der Waals surface area contributed by atoms with Crippen LogP contribution in [-0.2, 0) is 6.42 Å². The predicted molar refractivity (Wildman–Crippen MR) is 71.5 cm³/mol. The molecule has 18 heavy (non-hydrogen) atoms. The zero-order chi connectivity index (χ0) is 12.8. The van der Waals surface area contributed by atoms with Gasteiger partial charge in [-0.1, -0.05) is 37.6 Å². The Labute approximate surface area is 107 Å². The molecule has 3 nitrogen and oxygen atoms in total. The second-order valence-electron chi connectivity index (χ2n) is 4.26. The van der Waals surface area contributed by atoms with E-state index in [-0.39, 0.29) is 0 Å². The normalized spacial score (nSPS) is 10.3. The van der Waals surface area contributed by atoms with E-state index in [2.05, 4.69) is 41.4 Å². The van der Waals surface area contributed by atoms with Crippen LogP contribution in [0.25, 0.3) is 11.3 Å². The summed E-state index contributed by atoms with van der Waals surface area (Å²) >= 11 is 0. The van der Waals surface area contributed by atoms with Gasteiger partial charge >= 0.3 is 0 Å². The molecule has 1 aromatic heterocycles. The van der Waals surface area contributed by atoms with Gasteiger partial charge in [0.15, 0.2) is 6.29 Å². The summed E-state index contributed by atoms with van der Waals surface area (Å²) < 4.78 is 0. The summed E-state index contributed by atoms with van der Waals surface area (Å²) in [6.45, 7) is 2.19. The number of carbonyl (C=O) groups is 1. The van der Waals surface area contributed by atoms with Gasteiger partial charge in [-0.2, -0.15) is 0 Å². The fraction of sp³-hybridized carbons (Fsp3) is 0.267. The molecule has 2 aromatic rings. The van der Waals surface area contributed by atoms with Gasteiger partial charge in [-0.25, -0.2) is 0 Å². The van der Waals surface area contributed by atoms with E-state index in [1.54, 1.807) is 6.07 Å². The Bertz CT molecular complexity index is 503. The third-order valence-corrected chi connectivity index (χ3v) is 2.87. The van der Waals surface area contributed by atoms with Crippen LogP contribution in [0.3, 0.4) is 0 Å². The van der Waals surface area contributed by atoms with Crippen molar-refractivity contribution < 1.29 is 4.79 Å². The summed E-state index contributed by atoms with van der Waals surface area (Å²) in [5.74, 6) is 0. The number of carbonyl (C=O) groups excluding carboxylic acids is 1. The standard InChI is InChI=1S/C15H16N2O/c1-2-3-4-12-5-7-13(8-6-12)15-10-9-14(11-18)16-17-15/h5-11H,2-4H2,1H3. The van der Waals surface area contributed by atoms with Crippen molar-refractivity contribution in [3.05, 3.63) is 47.7 Å². The molecular formula is C15H16N2O. The van der Waals surface area contributed by atoms with E-state index in [1.807, 2.05) is 6.07 Å². The predicted octanol–water partition coefficient (Wildman–Crippen LogP) is 3.30. The number of benzene rings is 1. The molecular weight excluding hydrogens is 224 g/mol. The number of unbranched alkanes of at least 4 members (excludes halogenated alkanes) is 1. The van der Waals surface area contributed by atoms with Gasteiger partial charge in [-0.05, 0) is 30.5 Å². The summed E-state index contributed by atoms with van der Waals surface area (Å²) in [5.41, 5.74) is 3.53. The molecule has 0 amide bonds. The molecule has 0 saturated heterocycles. The highest BCUT2D eigenvalue weighted by atomic mass is 16.1. The molecule has 0 N–H and O–H groups in total. The van der Waals surface area contributed by atoms with Gasteiger partial charge in [0.2, 0.25) is 0 Å². The molecule has 92 valence electrons. The highest BCUT2D eigenvalue weighted by Gasteiger charge is 2.01. The van der Waals surface area contributed by atoms with Crippen LogP contribution in [-0.4, -0.2) is 16.5 Å². The molecule has 0 saturated carbocycles. The lowest BCUT2D eigenvalue weighted by Gasteiger charge is -2.03. The van der Waals surface area contributed by atoms with Gasteiger partial charge in [0.1, 0.15) is 5.69 Å². The average Bonchev–Trinajstić information content (AvgIpc) is 2.46. The van der Waals surface area contributed by atoms with E-state index < -0.39 is 0 Å². The first-order valence-electron chi connectivity index (χ1n) is 6.21. The third-order valence-electron chi connectivity index (χ3n) is 2.87. The number of hydrogen-bond acceptors (Lipinski definition) is 3. The zero-order valence-electron chi connectivity index (χ0n) is 10.5. The van der Waals surface area contributed by atoms with Crippen LogP contribution in [0.1, 0.15) is 35.8 Å². The van der Waals surface area contributed by atoms with Crippen molar-refractivity contribution >= 4 is 6.29 Å². The molecule has 0 aliphatic rings. The lowest BCUT2D eigenvalue weighted by molar-refractivity contribution is 0.111. The Hall–Kier alpha value is -2.03. The first kappa shape index (κ1) is 12.4. The van der Waals surface area contributed by atoms with E-state index >= 15 is 0 Å². The largest absolute Gasteiger partial charge is 0.296 e. The fourth-order valence-corrected chi connectivity index (χ4v) is 1.78. The second kappa shape index (κ2) is 6.05. The molecule has 0 unspecified atom stereocenters. The van der Waals surface area contributed by atoms with Crippen LogP contribution in [0.5, 0.6) is 0 Å². The summed E-state index contributed by atoms with van der Waals surface area (Å²) in [6.07, 6.45) is 4.24. The van der Waals surface area contributed by atoms with Gasteiger partial charge in [-0.15, -0.1) is 10.2 Å². The topological polar surface area (TPSA) is 42.9 Å². The Morgan fingerprint density at radius 1 is 1.06 bits per heavy atom. The number of nitrogens with zero attached hydrogens (tertiary/aromatic N) is 2. The zero-order valence-corrected chi connectivity index (χ0v) is 10.5. The van der Waals surface area contributed by atoms with Crippen molar-refractivity contribution in [2.75, 3.05) is 0 Å². The molecule has 1 heterocycles. The lowest BCUT2D eigenvalue weighted by Crippen LogP contribution is -1.93. The molecule has 0 fully saturated rings. The molecule has 0 aliphatic heterocycles. The summed E-state index contributed by atoms with van der Waals surface area (Å²) in [7, 11) is 0. The third kappa shape index (κ3) is 3.00. The number of aldehydes is 1. The highest BCUT2D eigenvalue weighted by molar-refractivity contribution is 5.72. The number of rotatable bonds is 5. The van der Waals surface area contributed by atoms with Crippen LogP contribution in [0.2, 0.25) is 0 Å². The van der Waals surface area contributed by atoms with Crippen LogP contribution in [0.4, 0.5) is 0 Å². The summed E-state index contributed by atoms with van der Waals surface area (Å²) in [5, 5.41) is 7.86. The molecule has 2 rings (SSSR count). The Balaban J connectivity index is 2.14. The molecule has 0 radical (unpaired) electrons. The van der Waals surface area contributed by atoms with Crippen LogP contribution < -0.4 is 0 Å². The first-order valence-corrected chi connectivity index (χ1v) is 6.21. The lowest BCUT2D eigenvalue weighted by atomic mass is 10.0. The maximum Gasteiger partial charge on any atom is 0.170 e. The average molecular weight is 240 g/mol. The van der Waals surface area contributed by atoms with Crippen molar-refractivity contribution in [3.8, 4) is 11.3 Å². The van der Waals surface area contributed by atoms with Crippen LogP contribution in [0, 0.1) is 0 Å². The van der Waals surface area contributed by atoms with Crippen LogP contribution >= 0.6 is 0 Å². The van der Waals surface area contributed by atoms with Gasteiger partial charge in [-0.3, -0.25) is 4.79 Å². The minimum atomic E-state index is 0.360. The van der Waals surface area contributed by atoms with Gasteiger partial charge in [0, 0.05) is 5.56 Å². The Morgan fingerprint density at radius 3 is 2.39 bits per heavy atom. The monoisotopic (exact) mass is 240 g/mol. The smallest absolute Gasteiger partial charge is 0.170 e. The first-order chi connectivity index (χ1) is 8.83. The van der Waals surface area contributed by atoms with E-state index in [4.69, 9.17) is 0 Å². The van der Waals surface area contributed by atoms with Gasteiger partial charge in [0.25, 0.3) is 0 Å². The minimum Gasteiger partial charge on any atom is -0.296 e. The minimum absolute atomic E-state index is 0.360. The summed E-state index contributed by atoms with van der Waals surface area (Å²) in [4.78, 5) is 10.5.